The number of hydrogen-bond donors (Lipinski definition) is 0. The van der Waals surface area contributed by atoms with Gasteiger partial charge in [0.2, 0.25) is 0 Å². The zero-order chi connectivity index (χ0) is 14.1. The lowest BCUT2D eigenvalue weighted by atomic mass is 10.2. The first-order valence-electron chi connectivity index (χ1n) is 6.12. The Kier molecular flexibility index (Phi) is 3.16. The molecule has 2 aromatic heterocycles. The summed E-state index contributed by atoms with van der Waals surface area (Å²) in [6, 6.07) is 12.6. The molecule has 4 nitrogen and oxygen atoms in total. The fourth-order valence-electron chi connectivity index (χ4n) is 2.03. The molecule has 0 radical (unpaired) electrons. The fraction of sp³-hybridized carbons (Fsp3) is 0.0667. The number of aromatic nitrogens is 2. The minimum absolute atomic E-state index is 0.0731. The smallest absolute Gasteiger partial charge is 0.258 e. The van der Waals surface area contributed by atoms with Crippen LogP contribution >= 0.6 is 11.6 Å². The number of carbonyl (C=O) groups is 1. The molecule has 0 bridgehead atoms. The van der Waals surface area contributed by atoms with Gasteiger partial charge in [0.1, 0.15) is 0 Å². The van der Waals surface area contributed by atoms with Crippen molar-refractivity contribution in [1.29, 1.82) is 0 Å². The van der Waals surface area contributed by atoms with E-state index in [2.05, 4.69) is 5.10 Å². The molecule has 1 amide bonds. The van der Waals surface area contributed by atoms with Gasteiger partial charge in [-0.05, 0) is 42.5 Å². The molecule has 0 spiro atoms. The van der Waals surface area contributed by atoms with Crippen molar-refractivity contribution in [3.8, 4) is 0 Å². The number of anilines is 1. The second kappa shape index (κ2) is 4.98. The Balaban J connectivity index is 1.92. The average Bonchev–Trinajstić information content (AvgIpc) is 2.94. The molecule has 0 atom stereocenters. The first-order chi connectivity index (χ1) is 9.65. The third kappa shape index (κ3) is 2.26. The SMILES string of the molecule is CN(C(=O)c1ccn2nccc2c1)c1ccc(Cl)cc1. The van der Waals surface area contributed by atoms with Gasteiger partial charge in [0.25, 0.3) is 5.91 Å². The van der Waals surface area contributed by atoms with E-state index in [4.69, 9.17) is 11.6 Å². The van der Waals surface area contributed by atoms with Crippen LogP contribution in [0.25, 0.3) is 5.52 Å². The molecule has 0 unspecified atom stereocenters. The number of benzene rings is 1. The Morgan fingerprint density at radius 3 is 2.70 bits per heavy atom. The van der Waals surface area contributed by atoms with Crippen LogP contribution in [0.15, 0.2) is 54.9 Å². The van der Waals surface area contributed by atoms with Gasteiger partial charge >= 0.3 is 0 Å². The molecule has 0 aliphatic heterocycles. The van der Waals surface area contributed by atoms with Gasteiger partial charge in [-0.15, -0.1) is 0 Å². The summed E-state index contributed by atoms with van der Waals surface area (Å²) in [4.78, 5) is 14.1. The molecule has 5 heteroatoms. The van der Waals surface area contributed by atoms with E-state index in [1.807, 2.05) is 24.3 Å². The van der Waals surface area contributed by atoms with E-state index in [1.165, 1.54) is 0 Å². The van der Waals surface area contributed by atoms with Gasteiger partial charge in [-0.25, -0.2) is 4.52 Å². The van der Waals surface area contributed by atoms with Gasteiger partial charge in [0, 0.05) is 35.7 Å². The lowest BCUT2D eigenvalue weighted by Gasteiger charge is -2.17. The van der Waals surface area contributed by atoms with Crippen LogP contribution in [0.1, 0.15) is 10.4 Å². The largest absolute Gasteiger partial charge is 0.311 e. The second-order valence-corrected chi connectivity index (χ2v) is 4.89. The molecule has 0 aliphatic carbocycles. The van der Waals surface area contributed by atoms with Crippen molar-refractivity contribution < 1.29 is 4.79 Å². The highest BCUT2D eigenvalue weighted by Crippen LogP contribution is 2.19. The third-order valence-electron chi connectivity index (χ3n) is 3.17. The molecule has 2 heterocycles. The highest BCUT2D eigenvalue weighted by molar-refractivity contribution is 6.30. The lowest BCUT2D eigenvalue weighted by molar-refractivity contribution is 0.0993. The van der Waals surface area contributed by atoms with Crippen molar-refractivity contribution in [1.82, 2.24) is 9.61 Å². The van der Waals surface area contributed by atoms with Gasteiger partial charge in [-0.3, -0.25) is 4.79 Å². The maximum Gasteiger partial charge on any atom is 0.258 e. The summed E-state index contributed by atoms with van der Waals surface area (Å²) in [5, 5.41) is 4.76. The zero-order valence-corrected chi connectivity index (χ0v) is 11.6. The summed E-state index contributed by atoms with van der Waals surface area (Å²) in [5.74, 6) is -0.0731. The van der Waals surface area contributed by atoms with Gasteiger partial charge in [-0.2, -0.15) is 5.10 Å². The highest BCUT2D eigenvalue weighted by Gasteiger charge is 2.14. The average molecular weight is 286 g/mol. The van der Waals surface area contributed by atoms with E-state index >= 15 is 0 Å². The van der Waals surface area contributed by atoms with Crippen molar-refractivity contribution in [3.63, 3.8) is 0 Å². The summed E-state index contributed by atoms with van der Waals surface area (Å²) in [7, 11) is 1.74. The van der Waals surface area contributed by atoms with Gasteiger partial charge in [0.15, 0.2) is 0 Å². The maximum atomic E-state index is 12.5. The molecule has 0 N–H and O–H groups in total. The number of hydrogen-bond acceptors (Lipinski definition) is 2. The number of carbonyl (C=O) groups excluding carboxylic acids is 1. The first-order valence-corrected chi connectivity index (χ1v) is 6.50. The number of nitrogens with zero attached hydrogens (tertiary/aromatic N) is 3. The Labute approximate surface area is 121 Å². The second-order valence-electron chi connectivity index (χ2n) is 4.46. The van der Waals surface area contributed by atoms with Crippen molar-refractivity contribution in [2.45, 2.75) is 0 Å². The van der Waals surface area contributed by atoms with E-state index in [1.54, 1.807) is 47.1 Å². The number of pyridine rings is 1. The molecular formula is C15H12ClN3O. The summed E-state index contributed by atoms with van der Waals surface area (Å²) >= 11 is 5.85. The van der Waals surface area contributed by atoms with Crippen molar-refractivity contribution >= 4 is 28.7 Å². The van der Waals surface area contributed by atoms with E-state index in [0.717, 1.165) is 11.2 Å². The summed E-state index contributed by atoms with van der Waals surface area (Å²) in [6.07, 6.45) is 3.48. The van der Waals surface area contributed by atoms with Gasteiger partial charge in [0.05, 0.1) is 5.52 Å². The summed E-state index contributed by atoms with van der Waals surface area (Å²) in [6.45, 7) is 0. The Morgan fingerprint density at radius 2 is 1.95 bits per heavy atom. The van der Waals surface area contributed by atoms with Crippen LogP contribution in [0, 0.1) is 0 Å². The molecule has 100 valence electrons. The fourth-order valence-corrected chi connectivity index (χ4v) is 2.16. The highest BCUT2D eigenvalue weighted by atomic mass is 35.5. The van der Waals surface area contributed by atoms with Crippen LogP contribution in [-0.2, 0) is 0 Å². The topological polar surface area (TPSA) is 37.6 Å². The molecule has 1 aromatic carbocycles. The van der Waals surface area contributed by atoms with E-state index < -0.39 is 0 Å². The van der Waals surface area contributed by atoms with Crippen LogP contribution in [0.3, 0.4) is 0 Å². The normalized spacial score (nSPS) is 10.7. The van der Waals surface area contributed by atoms with E-state index in [9.17, 15) is 4.79 Å². The predicted octanol–water partition coefficient (Wildman–Crippen LogP) is 3.26. The van der Waals surface area contributed by atoms with Crippen LogP contribution in [0.5, 0.6) is 0 Å². The van der Waals surface area contributed by atoms with E-state index in [-0.39, 0.29) is 5.91 Å². The predicted molar refractivity (Wildman–Crippen MR) is 79.4 cm³/mol. The van der Waals surface area contributed by atoms with Crippen LogP contribution in [0.2, 0.25) is 5.02 Å². The first kappa shape index (κ1) is 12.7. The molecule has 20 heavy (non-hydrogen) atoms. The number of fused-ring (bicyclic) bond motifs is 1. The number of rotatable bonds is 2. The van der Waals surface area contributed by atoms with E-state index in [0.29, 0.717) is 10.6 Å². The molecular weight excluding hydrogens is 274 g/mol. The van der Waals surface area contributed by atoms with Gasteiger partial charge < -0.3 is 4.90 Å². The molecule has 0 saturated heterocycles. The quantitative estimate of drug-likeness (QED) is 0.725. The summed E-state index contributed by atoms with van der Waals surface area (Å²) < 4.78 is 1.72. The minimum atomic E-state index is -0.0731. The number of halogens is 1. The molecule has 0 saturated carbocycles. The van der Waals surface area contributed by atoms with Gasteiger partial charge in [-0.1, -0.05) is 11.6 Å². The third-order valence-corrected chi connectivity index (χ3v) is 3.42. The Bertz CT molecular complexity index is 764. The van der Waals surface area contributed by atoms with Crippen LogP contribution in [-0.4, -0.2) is 22.6 Å². The monoisotopic (exact) mass is 285 g/mol. The molecule has 3 rings (SSSR count). The maximum absolute atomic E-state index is 12.5. The summed E-state index contributed by atoms with van der Waals surface area (Å²) in [5.41, 5.74) is 2.31. The molecule has 3 aromatic rings. The van der Waals surface area contributed by atoms with Crippen molar-refractivity contribution in [3.05, 3.63) is 65.4 Å². The lowest BCUT2D eigenvalue weighted by Crippen LogP contribution is -2.26. The van der Waals surface area contributed by atoms with Crippen molar-refractivity contribution in [2.75, 3.05) is 11.9 Å². The zero-order valence-electron chi connectivity index (χ0n) is 10.8. The molecule has 0 aliphatic rings. The minimum Gasteiger partial charge on any atom is -0.311 e. The van der Waals surface area contributed by atoms with Crippen LogP contribution in [0.4, 0.5) is 5.69 Å². The standard InChI is InChI=1S/C15H12ClN3O/c1-18(13-4-2-12(16)3-5-13)15(20)11-7-9-19-14(10-11)6-8-17-19/h2-10H,1H3. The molecule has 0 fully saturated rings. The Morgan fingerprint density at radius 1 is 1.20 bits per heavy atom. The number of amides is 1. The van der Waals surface area contributed by atoms with Crippen molar-refractivity contribution in [2.24, 2.45) is 0 Å². The van der Waals surface area contributed by atoms with Crippen LogP contribution < -0.4 is 4.90 Å². The Hall–Kier alpha value is -2.33.